The van der Waals surface area contributed by atoms with Crippen molar-refractivity contribution in [3.05, 3.63) is 64.8 Å². The summed E-state index contributed by atoms with van der Waals surface area (Å²) in [5.74, 6) is 0.849. The number of nitrogens with zero attached hydrogens (tertiary/aromatic N) is 2. The highest BCUT2D eigenvalue weighted by atomic mass is 32.2. The smallest absolute Gasteiger partial charge is 0.257 e. The summed E-state index contributed by atoms with van der Waals surface area (Å²) in [6.07, 6.45) is 0. The third kappa shape index (κ3) is 3.75. The maximum absolute atomic E-state index is 13.1. The van der Waals surface area contributed by atoms with Gasteiger partial charge in [-0.25, -0.2) is 8.42 Å². The standard InChI is InChI=1S/C21H22N4O5S/c1-13-6-4-5-7-19(13)31(27,28)25-11-15-16(12-25)23-24-20(15)22-21(26)14-8-9-17(29-2)18(10-14)30-3/h4-10H,11-12H2,1-3H3,(H2,22,23,24,26). The van der Waals surface area contributed by atoms with Crippen molar-refractivity contribution in [2.75, 3.05) is 19.5 Å². The third-order valence-electron chi connectivity index (χ3n) is 5.21. The van der Waals surface area contributed by atoms with E-state index in [1.807, 2.05) is 0 Å². The van der Waals surface area contributed by atoms with E-state index in [1.165, 1.54) is 18.5 Å². The molecule has 1 aromatic heterocycles. The molecule has 4 rings (SSSR count). The predicted molar refractivity (Wildman–Crippen MR) is 114 cm³/mol. The zero-order valence-corrected chi connectivity index (χ0v) is 18.1. The van der Waals surface area contributed by atoms with Gasteiger partial charge in [0.15, 0.2) is 17.3 Å². The summed E-state index contributed by atoms with van der Waals surface area (Å²) in [5.41, 5.74) is 2.33. The molecule has 162 valence electrons. The number of fused-ring (bicyclic) bond motifs is 1. The van der Waals surface area contributed by atoms with E-state index in [1.54, 1.807) is 49.4 Å². The van der Waals surface area contributed by atoms with Crippen molar-refractivity contribution in [2.24, 2.45) is 0 Å². The van der Waals surface area contributed by atoms with E-state index < -0.39 is 15.9 Å². The van der Waals surface area contributed by atoms with Gasteiger partial charge in [0, 0.05) is 17.7 Å². The number of methoxy groups -OCH3 is 2. The van der Waals surface area contributed by atoms with Crippen LogP contribution in [0, 0.1) is 6.92 Å². The number of aromatic amines is 1. The molecule has 0 bridgehead atoms. The monoisotopic (exact) mass is 442 g/mol. The van der Waals surface area contributed by atoms with E-state index in [-0.39, 0.29) is 18.0 Å². The molecule has 1 aliphatic rings. The summed E-state index contributed by atoms with van der Waals surface area (Å²) >= 11 is 0. The van der Waals surface area contributed by atoms with Gasteiger partial charge in [0.05, 0.1) is 31.4 Å². The lowest BCUT2D eigenvalue weighted by Crippen LogP contribution is -2.27. The largest absolute Gasteiger partial charge is 0.493 e. The summed E-state index contributed by atoms with van der Waals surface area (Å²) < 4.78 is 38.0. The quantitative estimate of drug-likeness (QED) is 0.607. The fourth-order valence-electron chi connectivity index (χ4n) is 3.53. The molecule has 0 atom stereocenters. The number of rotatable bonds is 6. The first kappa shape index (κ1) is 20.9. The van der Waals surface area contributed by atoms with Crippen LogP contribution in [0.1, 0.15) is 27.2 Å². The van der Waals surface area contributed by atoms with Gasteiger partial charge in [0.25, 0.3) is 5.91 Å². The van der Waals surface area contributed by atoms with Gasteiger partial charge < -0.3 is 14.8 Å². The summed E-state index contributed by atoms with van der Waals surface area (Å²) in [7, 11) is -0.674. The summed E-state index contributed by atoms with van der Waals surface area (Å²) in [4.78, 5) is 13.0. The topological polar surface area (TPSA) is 114 Å². The number of carbonyl (C=O) groups is 1. The average molecular weight is 442 g/mol. The molecule has 0 fully saturated rings. The first-order valence-electron chi connectivity index (χ1n) is 9.50. The highest BCUT2D eigenvalue weighted by Crippen LogP contribution is 2.33. The molecule has 2 N–H and O–H groups in total. The van der Waals surface area contributed by atoms with Crippen molar-refractivity contribution >= 4 is 21.7 Å². The van der Waals surface area contributed by atoms with Crippen molar-refractivity contribution < 1.29 is 22.7 Å². The number of benzene rings is 2. The minimum absolute atomic E-state index is 0.115. The minimum atomic E-state index is -3.68. The number of hydrogen-bond donors (Lipinski definition) is 2. The zero-order valence-electron chi connectivity index (χ0n) is 17.3. The van der Waals surface area contributed by atoms with E-state index in [9.17, 15) is 13.2 Å². The molecule has 1 amide bonds. The van der Waals surface area contributed by atoms with Crippen LogP contribution in [0.25, 0.3) is 0 Å². The molecular formula is C21H22N4O5S. The van der Waals surface area contributed by atoms with E-state index in [4.69, 9.17) is 9.47 Å². The summed E-state index contributed by atoms with van der Waals surface area (Å²) in [6.45, 7) is 2.04. The molecule has 0 unspecified atom stereocenters. The Balaban J connectivity index is 1.55. The van der Waals surface area contributed by atoms with Crippen LogP contribution in [0.2, 0.25) is 0 Å². The second-order valence-corrected chi connectivity index (χ2v) is 9.00. The molecule has 31 heavy (non-hydrogen) atoms. The van der Waals surface area contributed by atoms with Gasteiger partial charge in [-0.3, -0.25) is 9.89 Å². The van der Waals surface area contributed by atoms with Crippen LogP contribution in [-0.4, -0.2) is 43.0 Å². The van der Waals surface area contributed by atoms with Gasteiger partial charge >= 0.3 is 0 Å². The van der Waals surface area contributed by atoms with E-state index >= 15 is 0 Å². The van der Waals surface area contributed by atoms with Gasteiger partial charge in [-0.15, -0.1) is 0 Å². The number of ether oxygens (including phenoxy) is 2. The number of amides is 1. The third-order valence-corrected chi connectivity index (χ3v) is 7.16. The number of nitrogens with one attached hydrogen (secondary N) is 2. The highest BCUT2D eigenvalue weighted by Gasteiger charge is 2.35. The lowest BCUT2D eigenvalue weighted by Gasteiger charge is -2.17. The molecule has 1 aliphatic heterocycles. The van der Waals surface area contributed by atoms with Crippen LogP contribution >= 0.6 is 0 Å². The maximum Gasteiger partial charge on any atom is 0.257 e. The SMILES string of the molecule is COc1ccc(C(=O)Nc2n[nH]c3c2CN(S(=O)(=O)c2ccccc2C)C3)cc1OC. The minimum Gasteiger partial charge on any atom is -0.493 e. The van der Waals surface area contributed by atoms with Crippen molar-refractivity contribution in [3.63, 3.8) is 0 Å². The fraction of sp³-hybridized carbons (Fsp3) is 0.238. The van der Waals surface area contributed by atoms with Crippen LogP contribution in [-0.2, 0) is 23.1 Å². The molecule has 2 aromatic carbocycles. The lowest BCUT2D eigenvalue weighted by molar-refractivity contribution is 0.102. The number of sulfonamides is 1. The fourth-order valence-corrected chi connectivity index (χ4v) is 5.13. The Morgan fingerprint density at radius 1 is 1.10 bits per heavy atom. The van der Waals surface area contributed by atoms with Crippen LogP contribution in [0.3, 0.4) is 0 Å². The lowest BCUT2D eigenvalue weighted by atomic mass is 10.2. The summed E-state index contributed by atoms with van der Waals surface area (Å²) in [5, 5.41) is 9.74. The van der Waals surface area contributed by atoms with Crippen molar-refractivity contribution in [2.45, 2.75) is 24.9 Å². The van der Waals surface area contributed by atoms with Gasteiger partial charge in [0.1, 0.15) is 0 Å². The van der Waals surface area contributed by atoms with E-state index in [0.717, 1.165) is 0 Å². The van der Waals surface area contributed by atoms with Crippen LogP contribution < -0.4 is 14.8 Å². The highest BCUT2D eigenvalue weighted by molar-refractivity contribution is 7.89. The van der Waals surface area contributed by atoms with Crippen LogP contribution in [0.5, 0.6) is 11.5 Å². The normalized spacial score (nSPS) is 13.6. The van der Waals surface area contributed by atoms with Crippen LogP contribution in [0.15, 0.2) is 47.4 Å². The number of carbonyl (C=O) groups excluding carboxylic acids is 1. The van der Waals surface area contributed by atoms with E-state index in [0.29, 0.717) is 39.7 Å². The zero-order chi connectivity index (χ0) is 22.2. The maximum atomic E-state index is 13.1. The second kappa shape index (κ2) is 8.05. The van der Waals surface area contributed by atoms with Crippen LogP contribution in [0.4, 0.5) is 5.82 Å². The molecule has 0 saturated carbocycles. The predicted octanol–water partition coefficient (Wildman–Crippen LogP) is 2.69. The number of aryl methyl sites for hydroxylation is 1. The molecule has 9 nitrogen and oxygen atoms in total. The Kier molecular flexibility index (Phi) is 5.42. The number of H-pyrrole nitrogens is 1. The van der Waals surface area contributed by atoms with Gasteiger partial charge in [0.2, 0.25) is 10.0 Å². The molecule has 0 spiro atoms. The Bertz CT molecular complexity index is 1250. The average Bonchev–Trinajstić information content (AvgIpc) is 3.36. The first-order chi connectivity index (χ1) is 14.8. The molecule has 0 aliphatic carbocycles. The Morgan fingerprint density at radius 3 is 2.55 bits per heavy atom. The Hall–Kier alpha value is -3.37. The molecule has 3 aromatic rings. The van der Waals surface area contributed by atoms with Gasteiger partial charge in [-0.1, -0.05) is 18.2 Å². The molecule has 10 heteroatoms. The van der Waals surface area contributed by atoms with Gasteiger partial charge in [-0.2, -0.15) is 9.40 Å². The van der Waals surface area contributed by atoms with Crippen molar-refractivity contribution in [3.8, 4) is 11.5 Å². The van der Waals surface area contributed by atoms with Crippen molar-refractivity contribution in [1.82, 2.24) is 14.5 Å². The Labute approximate surface area is 180 Å². The molecule has 2 heterocycles. The Morgan fingerprint density at radius 2 is 1.84 bits per heavy atom. The summed E-state index contributed by atoms with van der Waals surface area (Å²) in [6, 6.07) is 11.7. The molecule has 0 saturated heterocycles. The number of aromatic nitrogens is 2. The number of anilines is 1. The second-order valence-electron chi connectivity index (χ2n) is 7.09. The first-order valence-corrected chi connectivity index (χ1v) is 10.9. The van der Waals surface area contributed by atoms with Crippen molar-refractivity contribution in [1.29, 1.82) is 0 Å². The number of hydrogen-bond acceptors (Lipinski definition) is 6. The molecule has 0 radical (unpaired) electrons. The van der Waals surface area contributed by atoms with Gasteiger partial charge in [-0.05, 0) is 36.8 Å². The van der Waals surface area contributed by atoms with E-state index in [2.05, 4.69) is 15.5 Å². The molecular weight excluding hydrogens is 420 g/mol.